The van der Waals surface area contributed by atoms with E-state index in [4.69, 9.17) is 5.73 Å². The molecule has 0 amide bonds. The normalized spacial score (nSPS) is 23.1. The number of nitrogens with zero attached hydrogens (tertiary/aromatic N) is 3. The van der Waals surface area contributed by atoms with E-state index in [-0.39, 0.29) is 6.04 Å². The summed E-state index contributed by atoms with van der Waals surface area (Å²) in [4.78, 5) is 9.30. The molecule has 1 saturated heterocycles. The van der Waals surface area contributed by atoms with Crippen LogP contribution >= 0.6 is 0 Å². The Morgan fingerprint density at radius 2 is 2.28 bits per heavy atom. The summed E-state index contributed by atoms with van der Waals surface area (Å²) in [6.45, 7) is 7.46. The second kappa shape index (κ2) is 5.67. The molecule has 18 heavy (non-hydrogen) atoms. The van der Waals surface area contributed by atoms with Crippen molar-refractivity contribution in [2.75, 3.05) is 31.6 Å². The molecule has 0 aromatic carbocycles. The first-order valence-corrected chi connectivity index (χ1v) is 6.78. The largest absolute Gasteiger partial charge is 0.354 e. The summed E-state index contributed by atoms with van der Waals surface area (Å²) in [5, 5.41) is 0. The molecule has 2 atom stereocenters. The molecule has 2 unspecified atom stereocenters. The van der Waals surface area contributed by atoms with Crippen LogP contribution in [0.3, 0.4) is 0 Å². The highest BCUT2D eigenvalue weighted by atomic mass is 15.3. The fraction of sp³-hybridized carbons (Fsp3) is 0.643. The van der Waals surface area contributed by atoms with Gasteiger partial charge in [-0.25, -0.2) is 4.98 Å². The number of hydrogen-bond acceptors (Lipinski definition) is 4. The lowest BCUT2D eigenvalue weighted by atomic mass is 10.1. The molecule has 4 heteroatoms. The highest BCUT2D eigenvalue weighted by Crippen LogP contribution is 2.20. The maximum Gasteiger partial charge on any atom is 0.128 e. The van der Waals surface area contributed by atoms with Gasteiger partial charge in [0.05, 0.1) is 0 Å². The Labute approximate surface area is 110 Å². The van der Waals surface area contributed by atoms with Crippen molar-refractivity contribution in [2.45, 2.75) is 32.4 Å². The van der Waals surface area contributed by atoms with Gasteiger partial charge in [-0.05, 0) is 38.1 Å². The molecule has 2 N–H and O–H groups in total. The van der Waals surface area contributed by atoms with Crippen LogP contribution in [0.15, 0.2) is 18.3 Å². The van der Waals surface area contributed by atoms with E-state index in [1.807, 2.05) is 19.2 Å². The minimum Gasteiger partial charge on any atom is -0.354 e. The van der Waals surface area contributed by atoms with Crippen molar-refractivity contribution in [3.63, 3.8) is 0 Å². The zero-order chi connectivity index (χ0) is 13.1. The molecular formula is C14H24N4. The standard InChI is InChI=1S/C14H24N4/c1-4-13-10-18(8-7-17(13)3)14-9-12(11(2)15)5-6-16-14/h5-6,9,11,13H,4,7-8,10,15H2,1-3H3. The summed E-state index contributed by atoms with van der Waals surface area (Å²) in [7, 11) is 2.21. The van der Waals surface area contributed by atoms with E-state index in [0.29, 0.717) is 6.04 Å². The average Bonchev–Trinajstić information content (AvgIpc) is 2.39. The van der Waals surface area contributed by atoms with Crippen molar-refractivity contribution in [2.24, 2.45) is 5.73 Å². The van der Waals surface area contributed by atoms with Gasteiger partial charge < -0.3 is 10.6 Å². The van der Waals surface area contributed by atoms with Crippen LogP contribution in [-0.4, -0.2) is 42.6 Å². The summed E-state index contributed by atoms with van der Waals surface area (Å²) in [5.74, 6) is 1.07. The Bertz CT molecular complexity index is 391. The summed E-state index contributed by atoms with van der Waals surface area (Å²) in [6, 6.07) is 4.82. The first kappa shape index (κ1) is 13.3. The smallest absolute Gasteiger partial charge is 0.128 e. The monoisotopic (exact) mass is 248 g/mol. The second-order valence-electron chi connectivity index (χ2n) is 5.22. The number of piperazine rings is 1. The van der Waals surface area contributed by atoms with E-state index >= 15 is 0 Å². The van der Waals surface area contributed by atoms with E-state index in [0.717, 1.165) is 31.0 Å². The fourth-order valence-corrected chi connectivity index (χ4v) is 2.49. The van der Waals surface area contributed by atoms with Gasteiger partial charge in [-0.1, -0.05) is 6.92 Å². The summed E-state index contributed by atoms with van der Waals surface area (Å²) in [5.41, 5.74) is 7.09. The van der Waals surface area contributed by atoms with E-state index in [2.05, 4.69) is 34.8 Å². The first-order chi connectivity index (χ1) is 8.61. The maximum atomic E-state index is 5.93. The van der Waals surface area contributed by atoms with Gasteiger partial charge in [-0.15, -0.1) is 0 Å². The van der Waals surface area contributed by atoms with E-state index in [1.165, 1.54) is 6.42 Å². The molecule has 1 fully saturated rings. The molecular weight excluding hydrogens is 224 g/mol. The highest BCUT2D eigenvalue weighted by molar-refractivity contribution is 5.42. The predicted molar refractivity (Wildman–Crippen MR) is 75.8 cm³/mol. The van der Waals surface area contributed by atoms with Crippen LogP contribution in [-0.2, 0) is 0 Å². The van der Waals surface area contributed by atoms with Gasteiger partial charge in [-0.2, -0.15) is 0 Å². The number of pyridine rings is 1. The molecule has 1 aromatic heterocycles. The zero-order valence-electron chi connectivity index (χ0n) is 11.6. The third-order valence-corrected chi connectivity index (χ3v) is 3.87. The number of anilines is 1. The first-order valence-electron chi connectivity index (χ1n) is 6.78. The topological polar surface area (TPSA) is 45.4 Å². The number of hydrogen-bond donors (Lipinski definition) is 1. The van der Waals surface area contributed by atoms with E-state index < -0.39 is 0 Å². The Morgan fingerprint density at radius 3 is 2.94 bits per heavy atom. The second-order valence-corrected chi connectivity index (χ2v) is 5.22. The molecule has 2 heterocycles. The minimum atomic E-state index is 0.0705. The molecule has 1 aliphatic heterocycles. The van der Waals surface area contributed by atoms with Crippen LogP contribution in [0.5, 0.6) is 0 Å². The fourth-order valence-electron chi connectivity index (χ4n) is 2.49. The highest BCUT2D eigenvalue weighted by Gasteiger charge is 2.23. The van der Waals surface area contributed by atoms with Crippen LogP contribution in [0.25, 0.3) is 0 Å². The quantitative estimate of drug-likeness (QED) is 0.883. The van der Waals surface area contributed by atoms with Gasteiger partial charge in [0.15, 0.2) is 0 Å². The van der Waals surface area contributed by atoms with Crippen LogP contribution in [0, 0.1) is 0 Å². The van der Waals surface area contributed by atoms with Crippen molar-refractivity contribution >= 4 is 5.82 Å². The van der Waals surface area contributed by atoms with Crippen molar-refractivity contribution in [1.29, 1.82) is 0 Å². The SMILES string of the molecule is CCC1CN(c2cc(C(C)N)ccn2)CCN1C. The third kappa shape index (κ3) is 2.82. The maximum absolute atomic E-state index is 5.93. The van der Waals surface area contributed by atoms with Crippen molar-refractivity contribution < 1.29 is 0 Å². The lowest BCUT2D eigenvalue weighted by molar-refractivity contribution is 0.213. The zero-order valence-corrected chi connectivity index (χ0v) is 11.6. The van der Waals surface area contributed by atoms with Crippen molar-refractivity contribution in [3.05, 3.63) is 23.9 Å². The Balaban J connectivity index is 2.14. The van der Waals surface area contributed by atoms with Gasteiger partial charge in [-0.3, -0.25) is 4.90 Å². The summed E-state index contributed by atoms with van der Waals surface area (Å²) in [6.07, 6.45) is 3.05. The predicted octanol–water partition coefficient (Wildman–Crippen LogP) is 1.63. The molecule has 4 nitrogen and oxygen atoms in total. The van der Waals surface area contributed by atoms with Gasteiger partial charge >= 0.3 is 0 Å². The summed E-state index contributed by atoms with van der Waals surface area (Å²) >= 11 is 0. The molecule has 0 spiro atoms. The molecule has 1 aromatic rings. The number of nitrogens with two attached hydrogens (primary N) is 1. The third-order valence-electron chi connectivity index (χ3n) is 3.87. The number of likely N-dealkylation sites (N-methyl/N-ethyl adjacent to an activating group) is 1. The van der Waals surface area contributed by atoms with Gasteiger partial charge in [0.1, 0.15) is 5.82 Å². The lowest BCUT2D eigenvalue weighted by Gasteiger charge is -2.39. The molecule has 2 rings (SSSR count). The molecule has 0 saturated carbocycles. The van der Waals surface area contributed by atoms with Crippen LogP contribution in [0.2, 0.25) is 0 Å². The van der Waals surface area contributed by atoms with Crippen molar-refractivity contribution in [1.82, 2.24) is 9.88 Å². The van der Waals surface area contributed by atoms with Gasteiger partial charge in [0.2, 0.25) is 0 Å². The van der Waals surface area contributed by atoms with Crippen LogP contribution in [0.4, 0.5) is 5.82 Å². The van der Waals surface area contributed by atoms with Crippen molar-refractivity contribution in [3.8, 4) is 0 Å². The van der Waals surface area contributed by atoms with Gasteiger partial charge in [0, 0.05) is 37.9 Å². The minimum absolute atomic E-state index is 0.0705. The molecule has 1 aliphatic rings. The Morgan fingerprint density at radius 1 is 1.50 bits per heavy atom. The summed E-state index contributed by atoms with van der Waals surface area (Å²) < 4.78 is 0. The van der Waals surface area contributed by atoms with Gasteiger partial charge in [0.25, 0.3) is 0 Å². The number of aromatic nitrogens is 1. The van der Waals surface area contributed by atoms with Crippen LogP contribution in [0.1, 0.15) is 31.9 Å². The van der Waals surface area contributed by atoms with Crippen LogP contribution < -0.4 is 10.6 Å². The molecule has 0 radical (unpaired) electrons. The van der Waals surface area contributed by atoms with E-state index in [9.17, 15) is 0 Å². The Kier molecular flexibility index (Phi) is 4.19. The van der Waals surface area contributed by atoms with E-state index in [1.54, 1.807) is 0 Å². The Hall–Kier alpha value is -1.13. The molecule has 100 valence electrons. The number of rotatable bonds is 3. The average molecular weight is 248 g/mol. The lowest BCUT2D eigenvalue weighted by Crippen LogP contribution is -2.51. The molecule has 0 bridgehead atoms. The molecule has 0 aliphatic carbocycles.